The van der Waals surface area contributed by atoms with Crippen molar-refractivity contribution in [3.05, 3.63) is 29.3 Å². The predicted molar refractivity (Wildman–Crippen MR) is 68.6 cm³/mol. The van der Waals surface area contributed by atoms with E-state index in [9.17, 15) is 5.11 Å². The molecule has 0 aromatic heterocycles. The van der Waals surface area contributed by atoms with Gasteiger partial charge >= 0.3 is 0 Å². The first kappa shape index (κ1) is 13.0. The molecule has 2 nitrogen and oxygen atoms in total. The lowest BCUT2D eigenvalue weighted by Gasteiger charge is -2.28. The molecule has 90 valence electrons. The van der Waals surface area contributed by atoms with E-state index in [1.54, 1.807) is 0 Å². The van der Waals surface area contributed by atoms with Crippen LogP contribution in [0.5, 0.6) is 5.75 Å². The second kappa shape index (κ2) is 4.88. The third-order valence-electron chi connectivity index (χ3n) is 3.22. The number of rotatable bonds is 3. The number of nitrogens with one attached hydrogen (secondary N) is 1. The lowest BCUT2D eigenvalue weighted by Crippen LogP contribution is -2.37. The molecule has 0 amide bonds. The highest BCUT2D eigenvalue weighted by Gasteiger charge is 2.19. The molecule has 2 heteroatoms. The monoisotopic (exact) mass is 221 g/mol. The molecule has 0 aliphatic heterocycles. The molecule has 0 saturated heterocycles. The van der Waals surface area contributed by atoms with Crippen molar-refractivity contribution in [3.63, 3.8) is 0 Å². The summed E-state index contributed by atoms with van der Waals surface area (Å²) in [7, 11) is 0. The van der Waals surface area contributed by atoms with Crippen molar-refractivity contribution in [2.24, 2.45) is 5.41 Å². The van der Waals surface area contributed by atoms with Crippen LogP contribution in [-0.2, 0) is 6.54 Å². The van der Waals surface area contributed by atoms with Gasteiger partial charge in [0, 0.05) is 18.2 Å². The van der Waals surface area contributed by atoms with Gasteiger partial charge in [0.05, 0.1) is 0 Å². The Morgan fingerprint density at radius 2 is 1.94 bits per heavy atom. The SMILES string of the molecule is Cc1cccc(CNC(C)C(C)(C)C)c1O. The molecule has 0 fully saturated rings. The maximum absolute atomic E-state index is 9.87. The Morgan fingerprint density at radius 1 is 1.31 bits per heavy atom. The van der Waals surface area contributed by atoms with E-state index >= 15 is 0 Å². The molecule has 0 radical (unpaired) electrons. The van der Waals surface area contributed by atoms with Crippen molar-refractivity contribution in [3.8, 4) is 5.75 Å². The molecule has 0 heterocycles. The van der Waals surface area contributed by atoms with E-state index in [0.29, 0.717) is 18.3 Å². The predicted octanol–water partition coefficient (Wildman–Crippen LogP) is 3.22. The Labute approximate surface area is 98.7 Å². The zero-order chi connectivity index (χ0) is 12.3. The molecule has 16 heavy (non-hydrogen) atoms. The number of hydrogen-bond donors (Lipinski definition) is 2. The molecule has 0 saturated carbocycles. The summed E-state index contributed by atoms with van der Waals surface area (Å²) >= 11 is 0. The van der Waals surface area contributed by atoms with Crippen molar-refractivity contribution >= 4 is 0 Å². The van der Waals surface area contributed by atoms with Gasteiger partial charge in [0.15, 0.2) is 0 Å². The Bertz CT molecular complexity index is 352. The molecule has 0 spiro atoms. The van der Waals surface area contributed by atoms with Crippen LogP contribution < -0.4 is 5.32 Å². The first-order valence-corrected chi connectivity index (χ1v) is 5.83. The molecule has 1 rings (SSSR count). The fourth-order valence-electron chi connectivity index (χ4n) is 1.43. The van der Waals surface area contributed by atoms with Crippen LogP contribution in [-0.4, -0.2) is 11.1 Å². The first-order chi connectivity index (χ1) is 7.32. The van der Waals surface area contributed by atoms with Gasteiger partial charge in [-0.3, -0.25) is 0 Å². The molecule has 1 unspecified atom stereocenters. The van der Waals surface area contributed by atoms with Crippen LogP contribution in [0.3, 0.4) is 0 Å². The minimum Gasteiger partial charge on any atom is -0.507 e. The van der Waals surface area contributed by atoms with Crippen LogP contribution in [0.4, 0.5) is 0 Å². The highest BCUT2D eigenvalue weighted by molar-refractivity contribution is 5.39. The molecule has 1 aromatic rings. The van der Waals surface area contributed by atoms with Gasteiger partial charge in [-0.2, -0.15) is 0 Å². The Balaban J connectivity index is 2.65. The molecule has 1 aromatic carbocycles. The summed E-state index contributed by atoms with van der Waals surface area (Å²) < 4.78 is 0. The average molecular weight is 221 g/mol. The van der Waals surface area contributed by atoms with Crippen molar-refractivity contribution in [2.45, 2.75) is 47.2 Å². The lowest BCUT2D eigenvalue weighted by molar-refractivity contribution is 0.284. The van der Waals surface area contributed by atoms with Crippen LogP contribution in [0.2, 0.25) is 0 Å². The van der Waals surface area contributed by atoms with Crippen LogP contribution in [0, 0.1) is 12.3 Å². The summed E-state index contributed by atoms with van der Waals surface area (Å²) in [6, 6.07) is 6.28. The molecule has 2 N–H and O–H groups in total. The van der Waals surface area contributed by atoms with E-state index < -0.39 is 0 Å². The highest BCUT2D eigenvalue weighted by atomic mass is 16.3. The van der Waals surface area contributed by atoms with E-state index in [1.807, 2.05) is 25.1 Å². The largest absolute Gasteiger partial charge is 0.507 e. The third-order valence-corrected chi connectivity index (χ3v) is 3.22. The van der Waals surface area contributed by atoms with Crippen molar-refractivity contribution in [2.75, 3.05) is 0 Å². The van der Waals surface area contributed by atoms with E-state index in [1.165, 1.54) is 0 Å². The Kier molecular flexibility index (Phi) is 3.98. The van der Waals surface area contributed by atoms with Crippen molar-refractivity contribution in [1.82, 2.24) is 5.32 Å². The van der Waals surface area contributed by atoms with E-state index in [-0.39, 0.29) is 5.41 Å². The summed E-state index contributed by atoms with van der Waals surface area (Å²) in [4.78, 5) is 0. The lowest BCUT2D eigenvalue weighted by atomic mass is 9.88. The number of phenolic OH excluding ortho intramolecular Hbond substituents is 1. The van der Waals surface area contributed by atoms with E-state index in [0.717, 1.165) is 11.1 Å². The second-order valence-electron chi connectivity index (χ2n) is 5.55. The number of aromatic hydroxyl groups is 1. The third kappa shape index (κ3) is 3.24. The summed E-state index contributed by atoms with van der Waals surface area (Å²) in [5.74, 6) is 0.413. The maximum Gasteiger partial charge on any atom is 0.122 e. The van der Waals surface area contributed by atoms with Gasteiger partial charge in [-0.05, 0) is 24.8 Å². The van der Waals surface area contributed by atoms with Gasteiger partial charge in [-0.1, -0.05) is 39.0 Å². The van der Waals surface area contributed by atoms with E-state index in [2.05, 4.69) is 33.0 Å². The van der Waals surface area contributed by atoms with Crippen LogP contribution in [0.1, 0.15) is 38.8 Å². The van der Waals surface area contributed by atoms with Crippen LogP contribution in [0.25, 0.3) is 0 Å². The maximum atomic E-state index is 9.87. The van der Waals surface area contributed by atoms with Gasteiger partial charge in [0.1, 0.15) is 5.75 Å². The average Bonchev–Trinajstić information content (AvgIpc) is 2.18. The zero-order valence-corrected chi connectivity index (χ0v) is 11.0. The van der Waals surface area contributed by atoms with Crippen molar-refractivity contribution < 1.29 is 5.11 Å². The number of aryl methyl sites for hydroxylation is 1. The van der Waals surface area contributed by atoms with Crippen LogP contribution >= 0.6 is 0 Å². The Hall–Kier alpha value is -1.02. The molecular formula is C14H23NO. The minimum atomic E-state index is 0.236. The van der Waals surface area contributed by atoms with Gasteiger partial charge in [-0.25, -0.2) is 0 Å². The van der Waals surface area contributed by atoms with Gasteiger partial charge in [0.2, 0.25) is 0 Å². The molecule has 1 atom stereocenters. The molecule has 0 bridgehead atoms. The van der Waals surface area contributed by atoms with Crippen LogP contribution in [0.15, 0.2) is 18.2 Å². The first-order valence-electron chi connectivity index (χ1n) is 5.83. The number of phenols is 1. The summed E-state index contributed by atoms with van der Waals surface area (Å²) in [6.07, 6.45) is 0. The summed E-state index contributed by atoms with van der Waals surface area (Å²) in [5.41, 5.74) is 2.14. The number of para-hydroxylation sites is 1. The highest BCUT2D eigenvalue weighted by Crippen LogP contribution is 2.23. The summed E-state index contributed by atoms with van der Waals surface area (Å²) in [5, 5.41) is 13.3. The smallest absolute Gasteiger partial charge is 0.122 e. The normalized spacial score (nSPS) is 13.8. The molecule has 0 aliphatic carbocycles. The molecule has 0 aliphatic rings. The van der Waals surface area contributed by atoms with E-state index in [4.69, 9.17) is 0 Å². The minimum absolute atomic E-state index is 0.236. The topological polar surface area (TPSA) is 32.3 Å². The number of benzene rings is 1. The fraction of sp³-hybridized carbons (Fsp3) is 0.571. The second-order valence-corrected chi connectivity index (χ2v) is 5.55. The van der Waals surface area contributed by atoms with Crippen molar-refractivity contribution in [1.29, 1.82) is 0 Å². The van der Waals surface area contributed by atoms with Gasteiger partial charge in [-0.15, -0.1) is 0 Å². The fourth-order valence-corrected chi connectivity index (χ4v) is 1.43. The standard InChI is InChI=1S/C14H23NO/c1-10-7-6-8-12(13(10)16)9-15-11(2)14(3,4)5/h6-8,11,15-16H,9H2,1-5H3. The van der Waals surface area contributed by atoms with Gasteiger partial charge in [0.25, 0.3) is 0 Å². The quantitative estimate of drug-likeness (QED) is 0.821. The number of hydrogen-bond acceptors (Lipinski definition) is 2. The molecular weight excluding hydrogens is 198 g/mol. The summed E-state index contributed by atoms with van der Waals surface area (Å²) in [6.45, 7) is 11.4. The zero-order valence-electron chi connectivity index (χ0n) is 11.0. The van der Waals surface area contributed by atoms with Gasteiger partial charge < -0.3 is 10.4 Å². The Morgan fingerprint density at radius 3 is 2.50 bits per heavy atom.